The summed E-state index contributed by atoms with van der Waals surface area (Å²) in [5.74, 6) is 0.626. The summed E-state index contributed by atoms with van der Waals surface area (Å²) < 4.78 is 0. The average Bonchev–Trinajstić information content (AvgIpc) is 2.68. The van der Waals surface area contributed by atoms with Crippen molar-refractivity contribution in [3.05, 3.63) is 29.5 Å². The zero-order chi connectivity index (χ0) is 11.7. The third-order valence-corrected chi connectivity index (χ3v) is 3.54. The molecule has 16 heavy (non-hydrogen) atoms. The Morgan fingerprint density at radius 2 is 2.00 bits per heavy atom. The van der Waals surface area contributed by atoms with E-state index >= 15 is 0 Å². The molecule has 4 heteroatoms. The van der Waals surface area contributed by atoms with E-state index in [-0.39, 0.29) is 0 Å². The third-order valence-electron chi connectivity index (χ3n) is 2.84. The molecule has 1 aromatic heterocycles. The van der Waals surface area contributed by atoms with Crippen LogP contribution in [0, 0.1) is 13.8 Å². The van der Waals surface area contributed by atoms with Crippen molar-refractivity contribution in [2.75, 3.05) is 12.0 Å². The van der Waals surface area contributed by atoms with Crippen LogP contribution in [0.25, 0.3) is 11.1 Å². The Morgan fingerprint density at radius 3 is 2.56 bits per heavy atom. The molecule has 1 heterocycles. The van der Waals surface area contributed by atoms with E-state index < -0.39 is 0 Å². The van der Waals surface area contributed by atoms with Gasteiger partial charge in [0.15, 0.2) is 0 Å². The number of rotatable bonds is 2. The molecule has 0 atom stereocenters. The third kappa shape index (κ3) is 1.80. The number of benzene rings is 1. The zero-order valence-electron chi connectivity index (χ0n) is 9.66. The fourth-order valence-electron chi connectivity index (χ4n) is 1.73. The molecule has 0 saturated heterocycles. The van der Waals surface area contributed by atoms with Crippen molar-refractivity contribution in [1.82, 2.24) is 10.2 Å². The molecule has 3 nitrogen and oxygen atoms in total. The normalized spacial score (nSPS) is 10.7. The van der Waals surface area contributed by atoms with Gasteiger partial charge < -0.3 is 5.73 Å². The second-order valence-corrected chi connectivity index (χ2v) is 4.69. The van der Waals surface area contributed by atoms with E-state index in [0.29, 0.717) is 5.82 Å². The number of aryl methyl sites for hydroxylation is 1. The van der Waals surface area contributed by atoms with Gasteiger partial charge in [-0.05, 0) is 48.9 Å². The van der Waals surface area contributed by atoms with E-state index in [9.17, 15) is 0 Å². The Hall–Kier alpha value is -1.42. The fourth-order valence-corrected chi connectivity index (χ4v) is 2.26. The van der Waals surface area contributed by atoms with Crippen LogP contribution >= 0.6 is 11.8 Å². The monoisotopic (exact) mass is 233 g/mol. The summed E-state index contributed by atoms with van der Waals surface area (Å²) in [4.78, 5) is 1.25. The highest BCUT2D eigenvalue weighted by atomic mass is 32.2. The lowest BCUT2D eigenvalue weighted by atomic mass is 9.99. The molecule has 0 saturated carbocycles. The van der Waals surface area contributed by atoms with E-state index in [1.54, 1.807) is 18.0 Å². The number of nitrogens with zero attached hydrogens (tertiary/aromatic N) is 1. The van der Waals surface area contributed by atoms with Crippen molar-refractivity contribution in [3.8, 4) is 11.1 Å². The van der Waals surface area contributed by atoms with Gasteiger partial charge in [-0.15, -0.1) is 11.8 Å². The summed E-state index contributed by atoms with van der Waals surface area (Å²) in [5, 5.41) is 6.74. The van der Waals surface area contributed by atoms with E-state index in [0.717, 1.165) is 11.1 Å². The van der Waals surface area contributed by atoms with Gasteiger partial charge in [0.2, 0.25) is 0 Å². The van der Waals surface area contributed by atoms with E-state index in [4.69, 9.17) is 5.73 Å². The molecule has 2 rings (SSSR count). The number of thioether (sulfide) groups is 1. The van der Waals surface area contributed by atoms with Crippen LogP contribution in [0.4, 0.5) is 5.82 Å². The maximum atomic E-state index is 5.86. The fraction of sp³-hybridized carbons (Fsp3) is 0.250. The predicted octanol–water partition coefficient (Wildman–Crippen LogP) is 3.00. The van der Waals surface area contributed by atoms with Crippen molar-refractivity contribution in [1.29, 1.82) is 0 Å². The number of nitrogen functional groups attached to an aromatic ring is 1. The van der Waals surface area contributed by atoms with Gasteiger partial charge in [0.05, 0.1) is 6.20 Å². The number of aromatic nitrogens is 2. The summed E-state index contributed by atoms with van der Waals surface area (Å²) in [5.41, 5.74) is 10.5. The van der Waals surface area contributed by atoms with Gasteiger partial charge in [0, 0.05) is 10.5 Å². The molecule has 2 aromatic rings. The highest BCUT2D eigenvalue weighted by molar-refractivity contribution is 7.98. The number of hydrogen-bond acceptors (Lipinski definition) is 3. The van der Waals surface area contributed by atoms with Crippen molar-refractivity contribution in [2.45, 2.75) is 18.7 Å². The number of aromatic amines is 1. The van der Waals surface area contributed by atoms with Crippen LogP contribution in [0.3, 0.4) is 0 Å². The minimum atomic E-state index is 0.626. The second kappa shape index (κ2) is 4.22. The zero-order valence-corrected chi connectivity index (χ0v) is 10.5. The smallest absolute Gasteiger partial charge is 0.126 e. The average molecular weight is 233 g/mol. The van der Waals surface area contributed by atoms with Crippen molar-refractivity contribution in [2.24, 2.45) is 0 Å². The largest absolute Gasteiger partial charge is 0.384 e. The summed E-state index contributed by atoms with van der Waals surface area (Å²) in [6.45, 7) is 4.23. The number of hydrogen-bond donors (Lipinski definition) is 2. The van der Waals surface area contributed by atoms with Gasteiger partial charge >= 0.3 is 0 Å². The first-order valence-corrected chi connectivity index (χ1v) is 6.30. The lowest BCUT2D eigenvalue weighted by molar-refractivity contribution is 1.10. The molecule has 84 valence electrons. The van der Waals surface area contributed by atoms with Crippen LogP contribution in [0.5, 0.6) is 0 Å². The summed E-state index contributed by atoms with van der Waals surface area (Å²) in [7, 11) is 0. The summed E-state index contributed by atoms with van der Waals surface area (Å²) >= 11 is 1.74. The summed E-state index contributed by atoms with van der Waals surface area (Å²) in [6.07, 6.45) is 3.85. The number of nitrogens with one attached hydrogen (secondary N) is 1. The molecule has 0 aliphatic heterocycles. The van der Waals surface area contributed by atoms with Crippen LogP contribution in [0.15, 0.2) is 23.2 Å². The number of anilines is 1. The topological polar surface area (TPSA) is 54.7 Å². The Morgan fingerprint density at radius 1 is 1.25 bits per heavy atom. The summed E-state index contributed by atoms with van der Waals surface area (Å²) in [6, 6.07) is 4.36. The second-order valence-electron chi connectivity index (χ2n) is 3.81. The van der Waals surface area contributed by atoms with E-state index in [2.05, 4.69) is 42.4 Å². The Labute approximate surface area is 99.4 Å². The number of H-pyrrole nitrogens is 1. The minimum Gasteiger partial charge on any atom is -0.384 e. The van der Waals surface area contributed by atoms with Gasteiger partial charge in [-0.2, -0.15) is 5.10 Å². The Balaban J connectivity index is 2.64. The Kier molecular flexibility index (Phi) is 2.92. The van der Waals surface area contributed by atoms with Crippen molar-refractivity contribution >= 4 is 17.6 Å². The molecule has 0 unspecified atom stereocenters. The maximum Gasteiger partial charge on any atom is 0.126 e. The number of nitrogens with two attached hydrogens (primary N) is 1. The first-order chi connectivity index (χ1) is 7.63. The SMILES string of the molecule is CSc1cc(C)c(C)c(-c2cn[nH]c2N)c1. The highest BCUT2D eigenvalue weighted by Gasteiger charge is 2.10. The molecule has 0 aliphatic rings. The molecule has 0 fully saturated rings. The molecule has 1 aromatic carbocycles. The lowest BCUT2D eigenvalue weighted by Crippen LogP contribution is -1.92. The van der Waals surface area contributed by atoms with Gasteiger partial charge in [-0.1, -0.05) is 0 Å². The molecule has 0 aliphatic carbocycles. The first kappa shape index (κ1) is 11.1. The van der Waals surface area contributed by atoms with E-state index in [1.165, 1.54) is 16.0 Å². The molecule has 3 N–H and O–H groups in total. The van der Waals surface area contributed by atoms with Crippen molar-refractivity contribution in [3.63, 3.8) is 0 Å². The van der Waals surface area contributed by atoms with Crippen LogP contribution in [0.1, 0.15) is 11.1 Å². The van der Waals surface area contributed by atoms with Crippen LogP contribution in [0.2, 0.25) is 0 Å². The first-order valence-electron chi connectivity index (χ1n) is 5.08. The van der Waals surface area contributed by atoms with Crippen LogP contribution in [-0.2, 0) is 0 Å². The van der Waals surface area contributed by atoms with E-state index in [1.807, 2.05) is 0 Å². The minimum absolute atomic E-state index is 0.626. The maximum absolute atomic E-state index is 5.86. The van der Waals surface area contributed by atoms with Crippen LogP contribution in [-0.4, -0.2) is 16.5 Å². The van der Waals surface area contributed by atoms with Gasteiger partial charge in [-0.3, -0.25) is 5.10 Å². The standard InChI is InChI=1S/C12H15N3S/c1-7-4-9(16-3)5-10(8(7)2)11-6-14-15-12(11)13/h4-6H,1-3H3,(H3,13,14,15). The van der Waals surface area contributed by atoms with Gasteiger partial charge in [0.1, 0.15) is 5.82 Å². The van der Waals surface area contributed by atoms with Crippen LogP contribution < -0.4 is 5.73 Å². The molecular weight excluding hydrogens is 218 g/mol. The lowest BCUT2D eigenvalue weighted by Gasteiger charge is -2.10. The van der Waals surface area contributed by atoms with Gasteiger partial charge in [0.25, 0.3) is 0 Å². The van der Waals surface area contributed by atoms with Gasteiger partial charge in [-0.25, -0.2) is 0 Å². The predicted molar refractivity (Wildman–Crippen MR) is 69.7 cm³/mol. The highest BCUT2D eigenvalue weighted by Crippen LogP contribution is 2.32. The quantitative estimate of drug-likeness (QED) is 0.784. The molecule has 0 amide bonds. The molecule has 0 radical (unpaired) electrons. The van der Waals surface area contributed by atoms with Crippen molar-refractivity contribution < 1.29 is 0 Å². The Bertz CT molecular complexity index is 517. The molecule has 0 spiro atoms. The molecule has 0 bridgehead atoms. The molecular formula is C12H15N3S.